The molecule has 0 unspecified atom stereocenters. The number of nitro benzene ring substituents is 1. The highest BCUT2D eigenvalue weighted by Crippen LogP contribution is 2.45. The van der Waals surface area contributed by atoms with E-state index in [1.165, 1.54) is 13.0 Å². The Morgan fingerprint density at radius 2 is 1.95 bits per heavy atom. The third-order valence-corrected chi connectivity index (χ3v) is 8.50. The lowest BCUT2D eigenvalue weighted by Gasteiger charge is -2.35. The maximum absolute atomic E-state index is 13.9. The summed E-state index contributed by atoms with van der Waals surface area (Å²) in [7, 11) is 0. The number of morpholine rings is 1. The van der Waals surface area contributed by atoms with Crippen LogP contribution in [0.2, 0.25) is 0 Å². The number of nitro groups is 1. The molecule has 0 aliphatic carbocycles. The highest BCUT2D eigenvalue weighted by molar-refractivity contribution is 5.99. The number of cyclic esters (lactones) is 1. The largest absolute Gasteiger partial charge is 0.457 e. The van der Waals surface area contributed by atoms with E-state index in [-0.39, 0.29) is 48.6 Å². The molecular weight excluding hydrogens is 520 g/mol. The minimum absolute atomic E-state index is 0.0420. The van der Waals surface area contributed by atoms with E-state index >= 15 is 0 Å². The van der Waals surface area contributed by atoms with Crippen molar-refractivity contribution in [1.29, 1.82) is 0 Å². The quantitative estimate of drug-likeness (QED) is 0.213. The molecule has 0 N–H and O–H groups in total. The van der Waals surface area contributed by atoms with Crippen LogP contribution in [0.15, 0.2) is 29.1 Å². The SMILES string of the molecule is CC[C@@]1(OC(C)=O)C(=O)OCc2c1cc1n(c2=O)Cc2c-1nc1ccc([N+](=O)[O-])cc1c2N1C[C@H]2CC[C@@H](C1)O2. The van der Waals surface area contributed by atoms with Crippen molar-refractivity contribution < 1.29 is 28.7 Å². The fourth-order valence-corrected chi connectivity index (χ4v) is 6.72. The molecule has 1 aromatic carbocycles. The minimum Gasteiger partial charge on any atom is -0.457 e. The molecule has 4 aliphatic heterocycles. The summed E-state index contributed by atoms with van der Waals surface area (Å²) in [5.74, 6) is -1.38. The lowest BCUT2D eigenvalue weighted by molar-refractivity contribution is -0.384. The number of aromatic nitrogens is 2. The molecule has 2 bridgehead atoms. The van der Waals surface area contributed by atoms with Crippen LogP contribution in [0.1, 0.15) is 49.8 Å². The van der Waals surface area contributed by atoms with Crippen LogP contribution in [0.25, 0.3) is 22.3 Å². The Morgan fingerprint density at radius 1 is 1.20 bits per heavy atom. The summed E-state index contributed by atoms with van der Waals surface area (Å²) in [5.41, 5.74) is 1.62. The second kappa shape index (κ2) is 8.59. The fourth-order valence-electron chi connectivity index (χ4n) is 6.72. The predicted molar refractivity (Wildman–Crippen MR) is 141 cm³/mol. The average Bonchev–Trinajstić information content (AvgIpc) is 3.47. The van der Waals surface area contributed by atoms with Gasteiger partial charge in [-0.05, 0) is 31.4 Å². The average molecular weight is 547 g/mol. The number of carbonyl (C=O) groups excluding carboxylic acids is 2. The molecular formula is C28H26N4O8. The van der Waals surface area contributed by atoms with E-state index < -0.39 is 22.5 Å². The van der Waals surface area contributed by atoms with E-state index in [1.54, 1.807) is 29.7 Å². The molecule has 2 saturated heterocycles. The van der Waals surface area contributed by atoms with Gasteiger partial charge in [-0.1, -0.05) is 6.92 Å². The number of ether oxygens (including phenoxy) is 3. The van der Waals surface area contributed by atoms with Crippen LogP contribution in [-0.2, 0) is 42.6 Å². The van der Waals surface area contributed by atoms with Gasteiger partial charge in [0.25, 0.3) is 11.2 Å². The van der Waals surface area contributed by atoms with Gasteiger partial charge in [0.2, 0.25) is 5.60 Å². The van der Waals surface area contributed by atoms with Gasteiger partial charge in [0.05, 0.1) is 51.8 Å². The van der Waals surface area contributed by atoms with Gasteiger partial charge >= 0.3 is 11.9 Å². The van der Waals surface area contributed by atoms with Gasteiger partial charge in [0.1, 0.15) is 6.61 Å². The second-order valence-electron chi connectivity index (χ2n) is 10.8. The third kappa shape index (κ3) is 3.41. The molecule has 2 aromatic heterocycles. The predicted octanol–water partition coefficient (Wildman–Crippen LogP) is 2.93. The van der Waals surface area contributed by atoms with Gasteiger partial charge in [-0.25, -0.2) is 9.78 Å². The van der Waals surface area contributed by atoms with Crippen molar-refractivity contribution in [2.45, 2.75) is 64.1 Å². The van der Waals surface area contributed by atoms with Crippen LogP contribution in [0.5, 0.6) is 0 Å². The topological polar surface area (TPSA) is 143 Å². The van der Waals surface area contributed by atoms with Crippen molar-refractivity contribution in [1.82, 2.24) is 9.55 Å². The Balaban J connectivity index is 1.48. The van der Waals surface area contributed by atoms with Gasteiger partial charge in [-0.3, -0.25) is 19.7 Å². The Kier molecular flexibility index (Phi) is 5.30. The molecule has 2 fully saturated rings. The molecule has 206 valence electrons. The summed E-state index contributed by atoms with van der Waals surface area (Å²) in [6.07, 6.45) is 2.11. The van der Waals surface area contributed by atoms with Crippen LogP contribution in [-0.4, -0.2) is 51.7 Å². The third-order valence-electron chi connectivity index (χ3n) is 8.50. The number of carbonyl (C=O) groups is 2. The zero-order chi connectivity index (χ0) is 27.9. The lowest BCUT2D eigenvalue weighted by Crippen LogP contribution is -2.47. The summed E-state index contributed by atoms with van der Waals surface area (Å²) in [5, 5.41) is 12.3. The summed E-state index contributed by atoms with van der Waals surface area (Å²) in [6, 6.07) is 6.30. The zero-order valence-electron chi connectivity index (χ0n) is 22.0. The van der Waals surface area contributed by atoms with Crippen molar-refractivity contribution >= 4 is 34.2 Å². The number of rotatable bonds is 4. The summed E-state index contributed by atoms with van der Waals surface area (Å²) in [4.78, 5) is 57.3. The molecule has 0 spiro atoms. The number of pyridine rings is 2. The maximum Gasteiger partial charge on any atom is 0.355 e. The Hall–Kier alpha value is -4.32. The van der Waals surface area contributed by atoms with Crippen LogP contribution in [0.3, 0.4) is 0 Å². The molecule has 4 aliphatic rings. The van der Waals surface area contributed by atoms with Crippen molar-refractivity contribution in [2.75, 3.05) is 18.0 Å². The monoisotopic (exact) mass is 546 g/mol. The molecule has 3 aromatic rings. The van der Waals surface area contributed by atoms with E-state index in [1.807, 2.05) is 0 Å². The number of hydrogen-bond donors (Lipinski definition) is 0. The molecule has 3 atom stereocenters. The van der Waals surface area contributed by atoms with Crippen molar-refractivity contribution in [3.8, 4) is 11.4 Å². The number of non-ortho nitro benzene ring substituents is 1. The Labute approximate surface area is 227 Å². The van der Waals surface area contributed by atoms with Gasteiger partial charge in [0, 0.05) is 48.7 Å². The summed E-state index contributed by atoms with van der Waals surface area (Å²) in [6.45, 7) is 4.13. The normalized spacial score (nSPS) is 24.4. The first-order valence-corrected chi connectivity index (χ1v) is 13.4. The number of benzene rings is 1. The molecule has 0 radical (unpaired) electrons. The van der Waals surface area contributed by atoms with E-state index in [9.17, 15) is 24.5 Å². The van der Waals surface area contributed by atoms with Crippen LogP contribution in [0.4, 0.5) is 11.4 Å². The summed E-state index contributed by atoms with van der Waals surface area (Å²) < 4.78 is 18.6. The first kappa shape index (κ1) is 24.7. The standard InChI is InChI=1S/C28H26N4O8/c1-3-28(40-14(2)33)21-9-23-24-19(12-31(23)26(34)20(21)13-38-27(28)35)25(30-10-16-5-6-17(11-30)39-16)18-8-15(32(36)37)4-7-22(18)29-24/h4,7-9,16-17H,3,5-6,10-13H2,1-2H3/t16-,17+,28-/m0/s1. The number of nitrogens with zero attached hydrogens (tertiary/aromatic N) is 4. The number of esters is 2. The van der Waals surface area contributed by atoms with E-state index in [4.69, 9.17) is 19.2 Å². The molecule has 40 heavy (non-hydrogen) atoms. The first-order valence-electron chi connectivity index (χ1n) is 13.4. The van der Waals surface area contributed by atoms with Crippen LogP contribution in [0, 0.1) is 10.1 Å². The van der Waals surface area contributed by atoms with Gasteiger partial charge < -0.3 is 23.7 Å². The number of hydrogen-bond acceptors (Lipinski definition) is 10. The Morgan fingerprint density at radius 3 is 2.62 bits per heavy atom. The lowest BCUT2D eigenvalue weighted by atomic mass is 9.85. The maximum atomic E-state index is 13.9. The van der Waals surface area contributed by atoms with Gasteiger partial charge in [-0.2, -0.15) is 0 Å². The first-order chi connectivity index (χ1) is 19.2. The van der Waals surface area contributed by atoms with Crippen molar-refractivity contribution in [3.05, 3.63) is 61.4 Å². The van der Waals surface area contributed by atoms with E-state index in [0.717, 1.165) is 24.1 Å². The van der Waals surface area contributed by atoms with Crippen LogP contribution < -0.4 is 10.5 Å². The molecule has 12 nitrogen and oxygen atoms in total. The molecule has 6 heterocycles. The number of fused-ring (bicyclic) bond motifs is 7. The summed E-state index contributed by atoms with van der Waals surface area (Å²) >= 11 is 0. The highest BCUT2D eigenvalue weighted by Gasteiger charge is 2.50. The molecule has 0 saturated carbocycles. The smallest absolute Gasteiger partial charge is 0.355 e. The fraction of sp³-hybridized carbons (Fsp3) is 0.429. The Bertz CT molecular complexity index is 1700. The van der Waals surface area contributed by atoms with E-state index in [0.29, 0.717) is 40.9 Å². The van der Waals surface area contributed by atoms with Crippen molar-refractivity contribution in [3.63, 3.8) is 0 Å². The van der Waals surface area contributed by atoms with Crippen LogP contribution >= 0.6 is 0 Å². The van der Waals surface area contributed by atoms with Gasteiger partial charge in [-0.15, -0.1) is 0 Å². The highest BCUT2D eigenvalue weighted by atomic mass is 16.6. The number of anilines is 1. The van der Waals surface area contributed by atoms with Crippen molar-refractivity contribution in [2.24, 2.45) is 0 Å². The van der Waals surface area contributed by atoms with E-state index in [2.05, 4.69) is 4.90 Å². The minimum atomic E-state index is -1.74. The molecule has 7 rings (SSSR count). The zero-order valence-corrected chi connectivity index (χ0v) is 22.0. The molecule has 12 heteroatoms. The molecule has 0 amide bonds. The van der Waals surface area contributed by atoms with Gasteiger partial charge in [0.15, 0.2) is 0 Å². The second-order valence-corrected chi connectivity index (χ2v) is 10.8.